The smallest absolute Gasteiger partial charge is 0.124 e. The van der Waals surface area contributed by atoms with E-state index in [-0.39, 0.29) is 11.9 Å². The maximum absolute atomic E-state index is 13.4. The third-order valence-corrected chi connectivity index (χ3v) is 4.56. The second-order valence-corrected chi connectivity index (χ2v) is 6.30. The lowest BCUT2D eigenvalue weighted by Crippen LogP contribution is -2.42. The van der Waals surface area contributed by atoms with Crippen LogP contribution in [0.25, 0.3) is 0 Å². The number of methoxy groups -OCH3 is 2. The van der Waals surface area contributed by atoms with Crippen LogP contribution < -0.4 is 19.7 Å². The van der Waals surface area contributed by atoms with E-state index in [9.17, 15) is 9.65 Å². The molecule has 6 heteroatoms. The number of rotatable bonds is 5. The molecule has 0 aliphatic carbocycles. The Kier molecular flexibility index (Phi) is 5.47. The minimum absolute atomic E-state index is 0.206. The summed E-state index contributed by atoms with van der Waals surface area (Å²) in [7, 11) is 3.25. The lowest BCUT2D eigenvalue weighted by molar-refractivity contribution is 0.394. The highest BCUT2D eigenvalue weighted by molar-refractivity contribution is 5.60. The van der Waals surface area contributed by atoms with Crippen LogP contribution in [0.15, 0.2) is 36.4 Å². The van der Waals surface area contributed by atoms with Crippen LogP contribution in [0.2, 0.25) is 0 Å². The van der Waals surface area contributed by atoms with Gasteiger partial charge in [-0.3, -0.25) is 0 Å². The quantitative estimate of drug-likeness (QED) is 0.884. The molecule has 1 saturated heterocycles. The van der Waals surface area contributed by atoms with Crippen molar-refractivity contribution in [3.8, 4) is 17.6 Å². The molecule has 26 heavy (non-hydrogen) atoms. The van der Waals surface area contributed by atoms with Crippen molar-refractivity contribution in [3.05, 3.63) is 47.8 Å². The van der Waals surface area contributed by atoms with Gasteiger partial charge in [0.05, 0.1) is 25.5 Å². The molecule has 1 unspecified atom stereocenters. The average Bonchev–Trinajstić information content (AvgIpc) is 2.67. The highest BCUT2D eigenvalue weighted by Crippen LogP contribution is 2.29. The first-order valence-corrected chi connectivity index (χ1v) is 8.57. The normalized spacial score (nSPS) is 16.7. The van der Waals surface area contributed by atoms with Crippen LogP contribution in [-0.4, -0.2) is 33.4 Å². The van der Waals surface area contributed by atoms with Gasteiger partial charge in [-0.2, -0.15) is 5.26 Å². The van der Waals surface area contributed by atoms with Gasteiger partial charge in [0.25, 0.3) is 0 Å². The van der Waals surface area contributed by atoms with Gasteiger partial charge in [-0.05, 0) is 31.0 Å². The lowest BCUT2D eigenvalue weighted by atomic mass is 10.0. The first kappa shape index (κ1) is 17.9. The van der Waals surface area contributed by atoms with E-state index in [1.807, 2.05) is 18.2 Å². The number of benzene rings is 2. The van der Waals surface area contributed by atoms with Gasteiger partial charge in [0.15, 0.2) is 0 Å². The zero-order valence-corrected chi connectivity index (χ0v) is 15.0. The molecular weight excluding hydrogens is 333 g/mol. The Morgan fingerprint density at radius 2 is 1.88 bits per heavy atom. The Balaban J connectivity index is 1.76. The van der Waals surface area contributed by atoms with Crippen LogP contribution in [0.3, 0.4) is 0 Å². The van der Waals surface area contributed by atoms with Crippen LogP contribution in [-0.2, 0) is 0 Å². The second-order valence-electron chi connectivity index (χ2n) is 6.30. The van der Waals surface area contributed by atoms with Crippen molar-refractivity contribution in [1.29, 1.82) is 5.26 Å². The van der Waals surface area contributed by atoms with E-state index in [1.165, 1.54) is 12.1 Å². The van der Waals surface area contributed by atoms with Crippen molar-refractivity contribution in [2.45, 2.75) is 18.9 Å². The fourth-order valence-corrected chi connectivity index (χ4v) is 3.31. The molecule has 1 fully saturated rings. The van der Waals surface area contributed by atoms with Crippen LogP contribution >= 0.6 is 0 Å². The summed E-state index contributed by atoms with van der Waals surface area (Å²) in [6.07, 6.45) is 2.00. The fraction of sp³-hybridized carbons (Fsp3) is 0.350. The minimum atomic E-state index is -0.388. The van der Waals surface area contributed by atoms with Gasteiger partial charge in [-0.25, -0.2) is 4.39 Å². The van der Waals surface area contributed by atoms with E-state index in [0.717, 1.165) is 48.8 Å². The first-order chi connectivity index (χ1) is 12.6. The monoisotopic (exact) mass is 355 g/mol. The van der Waals surface area contributed by atoms with Gasteiger partial charge in [0, 0.05) is 43.0 Å². The van der Waals surface area contributed by atoms with Crippen molar-refractivity contribution in [3.63, 3.8) is 0 Å². The Morgan fingerprint density at radius 1 is 1.15 bits per heavy atom. The van der Waals surface area contributed by atoms with E-state index in [1.54, 1.807) is 20.3 Å². The summed E-state index contributed by atoms with van der Waals surface area (Å²) in [6.45, 7) is 1.58. The van der Waals surface area contributed by atoms with Crippen molar-refractivity contribution < 1.29 is 13.9 Å². The summed E-state index contributed by atoms with van der Waals surface area (Å²) < 4.78 is 24.0. The van der Waals surface area contributed by atoms with Crippen LogP contribution in [0.4, 0.5) is 15.8 Å². The lowest BCUT2D eigenvalue weighted by Gasteiger charge is -2.35. The van der Waals surface area contributed by atoms with E-state index in [0.29, 0.717) is 5.56 Å². The molecule has 0 spiro atoms. The summed E-state index contributed by atoms with van der Waals surface area (Å²) in [6, 6.07) is 12.4. The van der Waals surface area contributed by atoms with Crippen molar-refractivity contribution in [2.75, 3.05) is 37.5 Å². The van der Waals surface area contributed by atoms with E-state index < -0.39 is 0 Å². The first-order valence-electron chi connectivity index (χ1n) is 8.57. The zero-order valence-electron chi connectivity index (χ0n) is 15.0. The number of nitriles is 1. The number of piperidine rings is 1. The van der Waals surface area contributed by atoms with Gasteiger partial charge in [0.1, 0.15) is 23.4 Å². The summed E-state index contributed by atoms with van der Waals surface area (Å²) in [5.74, 6) is 1.06. The van der Waals surface area contributed by atoms with E-state index >= 15 is 0 Å². The number of anilines is 2. The predicted octanol–water partition coefficient (Wildman–Crippen LogP) is 3.80. The highest BCUT2D eigenvalue weighted by Gasteiger charge is 2.22. The molecule has 1 atom stereocenters. The van der Waals surface area contributed by atoms with Crippen molar-refractivity contribution in [1.82, 2.24) is 0 Å². The number of nitrogens with zero attached hydrogens (tertiary/aromatic N) is 2. The Hall–Kier alpha value is -2.94. The molecule has 0 radical (unpaired) electrons. The molecule has 3 rings (SSSR count). The zero-order chi connectivity index (χ0) is 18.5. The second kappa shape index (κ2) is 7.96. The number of halogens is 1. The van der Waals surface area contributed by atoms with Crippen LogP contribution in [0.5, 0.6) is 11.5 Å². The van der Waals surface area contributed by atoms with Gasteiger partial charge in [-0.15, -0.1) is 0 Å². The van der Waals surface area contributed by atoms with E-state index in [4.69, 9.17) is 9.47 Å². The van der Waals surface area contributed by atoms with Crippen LogP contribution in [0.1, 0.15) is 18.4 Å². The largest absolute Gasteiger partial charge is 0.497 e. The maximum atomic E-state index is 13.4. The fourth-order valence-electron chi connectivity index (χ4n) is 3.31. The predicted molar refractivity (Wildman–Crippen MR) is 99.5 cm³/mol. The summed E-state index contributed by atoms with van der Waals surface area (Å²) in [5.41, 5.74) is 2.07. The topological polar surface area (TPSA) is 57.5 Å². The molecule has 5 nitrogen and oxygen atoms in total. The summed E-state index contributed by atoms with van der Waals surface area (Å²) in [4.78, 5) is 2.14. The molecule has 0 bridgehead atoms. The highest BCUT2D eigenvalue weighted by atomic mass is 19.1. The standard InChI is InChI=1S/C20H22FN3O2/c1-25-18-9-17(10-19(11-18)26-2)23-16-4-3-7-24(13-16)20-6-5-15(21)8-14(20)12-22/h5-6,8-11,16,23H,3-4,7,13H2,1-2H3. The molecule has 2 aromatic carbocycles. The number of hydrogen-bond acceptors (Lipinski definition) is 5. The number of nitrogens with one attached hydrogen (secondary N) is 1. The van der Waals surface area contributed by atoms with Crippen molar-refractivity contribution >= 4 is 11.4 Å². The molecular formula is C20H22FN3O2. The maximum Gasteiger partial charge on any atom is 0.124 e. The van der Waals surface area contributed by atoms with Gasteiger partial charge >= 0.3 is 0 Å². The number of hydrogen-bond donors (Lipinski definition) is 1. The molecule has 1 heterocycles. The van der Waals surface area contributed by atoms with Crippen molar-refractivity contribution in [2.24, 2.45) is 0 Å². The molecule has 0 amide bonds. The Labute approximate surface area is 152 Å². The minimum Gasteiger partial charge on any atom is -0.497 e. The summed E-state index contributed by atoms with van der Waals surface area (Å²) in [5, 5.41) is 12.8. The van der Waals surface area contributed by atoms with E-state index in [2.05, 4.69) is 16.3 Å². The SMILES string of the molecule is COc1cc(NC2CCCN(c3ccc(F)cc3C#N)C2)cc(OC)c1. The average molecular weight is 355 g/mol. The van der Waals surface area contributed by atoms with Gasteiger partial charge in [-0.1, -0.05) is 0 Å². The molecule has 1 N–H and O–H groups in total. The molecule has 0 aromatic heterocycles. The molecule has 136 valence electrons. The van der Waals surface area contributed by atoms with Crippen LogP contribution in [0, 0.1) is 17.1 Å². The summed E-state index contributed by atoms with van der Waals surface area (Å²) >= 11 is 0. The number of ether oxygens (including phenoxy) is 2. The Bertz CT molecular complexity index is 797. The third kappa shape index (κ3) is 3.99. The molecule has 2 aromatic rings. The molecule has 0 saturated carbocycles. The Morgan fingerprint density at radius 3 is 2.54 bits per heavy atom. The van der Waals surface area contributed by atoms with Gasteiger partial charge < -0.3 is 19.7 Å². The molecule has 1 aliphatic rings. The third-order valence-electron chi connectivity index (χ3n) is 4.56. The van der Waals surface area contributed by atoms with Gasteiger partial charge in [0.2, 0.25) is 0 Å². The molecule has 1 aliphatic heterocycles.